The van der Waals surface area contributed by atoms with E-state index in [1.807, 2.05) is 5.48 Å². The van der Waals surface area contributed by atoms with Crippen molar-refractivity contribution in [2.75, 3.05) is 7.11 Å². The highest BCUT2D eigenvalue weighted by atomic mass is 16.5. The van der Waals surface area contributed by atoms with E-state index in [0.29, 0.717) is 5.56 Å². The molecule has 0 radical (unpaired) electrons. The first kappa shape index (κ1) is 9.69. The number of ether oxygens (including phenoxy) is 1. The second-order valence-electron chi connectivity index (χ2n) is 2.50. The Balaban J connectivity index is 2.96. The highest BCUT2D eigenvalue weighted by molar-refractivity contribution is 5.88. The quantitative estimate of drug-likeness (QED) is 0.498. The molecule has 0 atom stereocenters. The first-order chi connectivity index (χ1) is 6.19. The van der Waals surface area contributed by atoms with Gasteiger partial charge in [0.15, 0.2) is 5.69 Å². The Bertz CT molecular complexity index is 308. The number of carbonyl (C=O) groups is 1. The van der Waals surface area contributed by atoms with Gasteiger partial charge < -0.3 is 9.94 Å². The molecule has 0 saturated heterocycles. The minimum atomic E-state index is -0.508. The van der Waals surface area contributed by atoms with Crippen LogP contribution in [0.25, 0.3) is 0 Å². The zero-order chi connectivity index (χ0) is 9.84. The van der Waals surface area contributed by atoms with Crippen molar-refractivity contribution in [1.29, 1.82) is 0 Å². The Labute approximate surface area is 75.1 Å². The fraction of sp³-hybridized carbons (Fsp3) is 0.429. The smallest absolute Gasteiger partial charge is 0.358 e. The van der Waals surface area contributed by atoms with Crippen LogP contribution in [0.4, 0.5) is 0 Å². The number of hydrogen-bond acceptors (Lipinski definition) is 5. The van der Waals surface area contributed by atoms with Gasteiger partial charge in [-0.05, 0) is 0 Å². The van der Waals surface area contributed by atoms with E-state index in [0.717, 1.165) is 0 Å². The van der Waals surface area contributed by atoms with Crippen LogP contribution in [0.3, 0.4) is 0 Å². The second kappa shape index (κ2) is 4.01. The molecule has 1 aromatic heterocycles. The first-order valence-corrected chi connectivity index (χ1v) is 3.66. The molecule has 6 nitrogen and oxygen atoms in total. The molecular formula is C7H11N3O3. The number of rotatable bonds is 3. The van der Waals surface area contributed by atoms with Crippen molar-refractivity contribution in [3.63, 3.8) is 0 Å². The maximum Gasteiger partial charge on any atom is 0.358 e. The Morgan fingerprint density at radius 3 is 3.08 bits per heavy atom. The van der Waals surface area contributed by atoms with E-state index in [4.69, 9.17) is 5.21 Å². The van der Waals surface area contributed by atoms with Gasteiger partial charge in [-0.3, -0.25) is 4.68 Å². The Morgan fingerprint density at radius 2 is 2.54 bits per heavy atom. The number of hydrogen-bond donors (Lipinski definition) is 2. The van der Waals surface area contributed by atoms with Gasteiger partial charge in [-0.2, -0.15) is 5.10 Å². The molecule has 0 aliphatic carbocycles. The van der Waals surface area contributed by atoms with Crippen molar-refractivity contribution in [3.8, 4) is 0 Å². The van der Waals surface area contributed by atoms with Crippen molar-refractivity contribution in [1.82, 2.24) is 15.3 Å². The fourth-order valence-corrected chi connectivity index (χ4v) is 1.02. The number of carbonyl (C=O) groups excluding carboxylic acids is 1. The van der Waals surface area contributed by atoms with Gasteiger partial charge in [-0.1, -0.05) is 0 Å². The van der Waals surface area contributed by atoms with Crippen molar-refractivity contribution in [2.45, 2.75) is 6.54 Å². The third kappa shape index (κ3) is 2.04. The summed E-state index contributed by atoms with van der Waals surface area (Å²) in [6.07, 6.45) is 1.63. The molecule has 13 heavy (non-hydrogen) atoms. The Morgan fingerprint density at radius 1 is 1.85 bits per heavy atom. The molecule has 0 unspecified atom stereocenters. The molecular weight excluding hydrogens is 174 g/mol. The van der Waals surface area contributed by atoms with Gasteiger partial charge in [0.1, 0.15) is 0 Å². The fourth-order valence-electron chi connectivity index (χ4n) is 1.02. The van der Waals surface area contributed by atoms with E-state index >= 15 is 0 Å². The number of nitrogens with zero attached hydrogens (tertiary/aromatic N) is 2. The van der Waals surface area contributed by atoms with Gasteiger partial charge >= 0.3 is 5.97 Å². The summed E-state index contributed by atoms with van der Waals surface area (Å²) >= 11 is 0. The van der Waals surface area contributed by atoms with Crippen molar-refractivity contribution in [2.24, 2.45) is 7.05 Å². The number of nitrogens with one attached hydrogen (secondary N) is 1. The average molecular weight is 185 g/mol. The van der Waals surface area contributed by atoms with Crippen LogP contribution in [-0.4, -0.2) is 28.1 Å². The normalized spacial score (nSPS) is 10.1. The minimum Gasteiger partial charge on any atom is -0.464 e. The first-order valence-electron chi connectivity index (χ1n) is 3.66. The van der Waals surface area contributed by atoms with Gasteiger partial charge in [-0.25, -0.2) is 10.3 Å². The summed E-state index contributed by atoms with van der Waals surface area (Å²) in [5.41, 5.74) is 2.76. The number of esters is 1. The van der Waals surface area contributed by atoms with E-state index < -0.39 is 5.97 Å². The molecule has 72 valence electrons. The minimum absolute atomic E-state index is 0.165. The summed E-state index contributed by atoms with van der Waals surface area (Å²) in [7, 11) is 2.97. The molecule has 0 aromatic carbocycles. The van der Waals surface area contributed by atoms with Crippen molar-refractivity contribution in [3.05, 3.63) is 17.5 Å². The lowest BCUT2D eigenvalue weighted by Gasteiger charge is -1.97. The molecule has 0 bridgehead atoms. The average Bonchev–Trinajstić information content (AvgIpc) is 2.46. The zero-order valence-electron chi connectivity index (χ0n) is 7.44. The number of aryl methyl sites for hydroxylation is 1. The summed E-state index contributed by atoms with van der Waals surface area (Å²) in [6.45, 7) is 0.165. The zero-order valence-corrected chi connectivity index (χ0v) is 7.44. The standard InChI is InChI=1S/C7H11N3O3/c1-10-4-5(3-8-12)6(9-10)7(11)13-2/h4,8,12H,3H2,1-2H3. The topological polar surface area (TPSA) is 76.4 Å². The lowest BCUT2D eigenvalue weighted by molar-refractivity contribution is 0.0590. The summed E-state index contributed by atoms with van der Waals surface area (Å²) < 4.78 is 6.00. The number of hydroxylamine groups is 1. The number of methoxy groups -OCH3 is 1. The van der Waals surface area contributed by atoms with E-state index in [2.05, 4.69) is 9.84 Å². The van der Waals surface area contributed by atoms with Crippen molar-refractivity contribution < 1.29 is 14.7 Å². The maximum atomic E-state index is 11.1. The summed E-state index contributed by atoms with van der Waals surface area (Å²) in [6, 6.07) is 0. The molecule has 0 spiro atoms. The third-order valence-electron chi connectivity index (χ3n) is 1.55. The van der Waals surface area contributed by atoms with Crippen LogP contribution in [0.5, 0.6) is 0 Å². The molecule has 0 saturated carbocycles. The summed E-state index contributed by atoms with van der Waals surface area (Å²) in [4.78, 5) is 11.1. The van der Waals surface area contributed by atoms with Gasteiger partial charge in [0, 0.05) is 25.4 Å². The molecule has 6 heteroatoms. The molecule has 1 rings (SSSR count). The van der Waals surface area contributed by atoms with Crippen LogP contribution in [0.2, 0.25) is 0 Å². The lowest BCUT2D eigenvalue weighted by atomic mass is 10.2. The second-order valence-corrected chi connectivity index (χ2v) is 2.50. The molecule has 0 aliphatic rings. The van der Waals surface area contributed by atoms with Gasteiger partial charge in [0.05, 0.1) is 7.11 Å². The van der Waals surface area contributed by atoms with E-state index in [9.17, 15) is 4.79 Å². The van der Waals surface area contributed by atoms with E-state index in [1.54, 1.807) is 13.2 Å². The third-order valence-corrected chi connectivity index (χ3v) is 1.55. The van der Waals surface area contributed by atoms with Gasteiger partial charge in [0.25, 0.3) is 0 Å². The Hall–Kier alpha value is -1.40. The van der Waals surface area contributed by atoms with Crippen LogP contribution in [0.1, 0.15) is 16.1 Å². The molecule has 1 heterocycles. The van der Waals surface area contributed by atoms with Gasteiger partial charge in [-0.15, -0.1) is 0 Å². The van der Waals surface area contributed by atoms with Crippen LogP contribution >= 0.6 is 0 Å². The predicted octanol–water partition coefficient (Wildman–Crippen LogP) is -0.314. The highest BCUT2D eigenvalue weighted by Crippen LogP contribution is 2.06. The van der Waals surface area contributed by atoms with E-state index in [-0.39, 0.29) is 12.2 Å². The molecule has 1 aromatic rings. The van der Waals surface area contributed by atoms with E-state index in [1.165, 1.54) is 11.8 Å². The molecule has 0 aliphatic heterocycles. The van der Waals surface area contributed by atoms with Crippen LogP contribution < -0.4 is 5.48 Å². The lowest BCUT2D eigenvalue weighted by Crippen LogP contribution is -2.11. The predicted molar refractivity (Wildman–Crippen MR) is 43.2 cm³/mol. The molecule has 2 N–H and O–H groups in total. The highest BCUT2D eigenvalue weighted by Gasteiger charge is 2.15. The number of aromatic nitrogens is 2. The van der Waals surface area contributed by atoms with Crippen LogP contribution in [-0.2, 0) is 18.3 Å². The SMILES string of the molecule is COC(=O)c1nn(C)cc1CNO. The Kier molecular flexibility index (Phi) is 2.99. The summed E-state index contributed by atoms with van der Waals surface area (Å²) in [5, 5.41) is 12.4. The largest absolute Gasteiger partial charge is 0.464 e. The van der Waals surface area contributed by atoms with Crippen LogP contribution in [0.15, 0.2) is 6.20 Å². The maximum absolute atomic E-state index is 11.1. The van der Waals surface area contributed by atoms with Gasteiger partial charge in [0.2, 0.25) is 0 Å². The summed E-state index contributed by atoms with van der Waals surface area (Å²) in [5.74, 6) is -0.508. The monoisotopic (exact) mass is 185 g/mol. The van der Waals surface area contributed by atoms with Crippen molar-refractivity contribution >= 4 is 5.97 Å². The molecule has 0 amide bonds. The van der Waals surface area contributed by atoms with Crippen LogP contribution in [0, 0.1) is 0 Å². The molecule has 0 fully saturated rings.